The number of thiophene rings is 1. The number of fused-ring (bicyclic) bond motifs is 1. The summed E-state index contributed by atoms with van der Waals surface area (Å²) < 4.78 is 16.8. The molecule has 0 atom stereocenters. The number of hydrogen-bond acceptors (Lipinski definition) is 3. The van der Waals surface area contributed by atoms with Gasteiger partial charge >= 0.3 is 7.82 Å². The number of nitrogens with one attached hydrogen (secondary N) is 1. The molecular formula is C12H17NO4PS+. The van der Waals surface area contributed by atoms with Crippen LogP contribution < -0.4 is 9.42 Å². The second kappa shape index (κ2) is 5.61. The Morgan fingerprint density at radius 3 is 2.74 bits per heavy atom. The van der Waals surface area contributed by atoms with Crippen LogP contribution in [0, 0.1) is 0 Å². The van der Waals surface area contributed by atoms with Gasteiger partial charge in [-0.2, -0.15) is 0 Å². The summed E-state index contributed by atoms with van der Waals surface area (Å²) >= 11 is 1.56. The van der Waals surface area contributed by atoms with Gasteiger partial charge in [-0.3, -0.25) is 9.79 Å². The lowest BCUT2D eigenvalue weighted by Crippen LogP contribution is -3.05. The summed E-state index contributed by atoms with van der Waals surface area (Å²) in [4.78, 5) is 19.3. The van der Waals surface area contributed by atoms with Gasteiger partial charge < -0.3 is 9.42 Å². The van der Waals surface area contributed by atoms with Gasteiger partial charge in [0.1, 0.15) is 5.75 Å². The van der Waals surface area contributed by atoms with Crippen molar-refractivity contribution in [1.82, 2.24) is 0 Å². The normalized spacial score (nSPS) is 12.3. The van der Waals surface area contributed by atoms with Crippen molar-refractivity contribution < 1.29 is 23.8 Å². The van der Waals surface area contributed by atoms with Crippen LogP contribution in [-0.2, 0) is 11.0 Å². The molecule has 2 rings (SSSR count). The fraction of sp³-hybridized carbons (Fsp3) is 0.333. The first-order chi connectivity index (χ1) is 8.87. The van der Waals surface area contributed by atoms with Crippen LogP contribution in [-0.4, -0.2) is 30.4 Å². The van der Waals surface area contributed by atoms with E-state index in [1.54, 1.807) is 23.5 Å². The number of quaternary nitrogens is 1. The minimum Gasteiger partial charge on any atom is -0.404 e. The Labute approximate surface area is 115 Å². The van der Waals surface area contributed by atoms with E-state index in [4.69, 9.17) is 14.3 Å². The number of rotatable bonds is 5. The molecule has 0 spiro atoms. The SMILES string of the molecule is C[NH+](C)CCc1csc2cccc(OP(=O)(O)O)c12. The Kier molecular flexibility index (Phi) is 4.28. The molecule has 0 amide bonds. The average Bonchev–Trinajstić information content (AvgIpc) is 2.68. The van der Waals surface area contributed by atoms with E-state index in [9.17, 15) is 4.57 Å². The zero-order valence-corrected chi connectivity index (χ0v) is 12.5. The standard InChI is InChI=1S/C12H16NO4PS/c1-13(2)7-6-9-8-19-11-5-3-4-10(12(9)11)17-18(14,15)16/h3-5,8H,6-7H2,1-2H3,(H2,14,15,16)/p+1. The highest BCUT2D eigenvalue weighted by molar-refractivity contribution is 7.46. The van der Waals surface area contributed by atoms with Gasteiger partial charge in [-0.05, 0) is 23.1 Å². The monoisotopic (exact) mass is 302 g/mol. The highest BCUT2D eigenvalue weighted by Crippen LogP contribution is 2.43. The minimum atomic E-state index is -4.53. The Morgan fingerprint density at radius 2 is 2.11 bits per heavy atom. The minimum absolute atomic E-state index is 0.260. The van der Waals surface area contributed by atoms with Crippen LogP contribution in [0.15, 0.2) is 23.6 Å². The van der Waals surface area contributed by atoms with Crippen molar-refractivity contribution >= 4 is 29.2 Å². The lowest BCUT2D eigenvalue weighted by molar-refractivity contribution is -0.858. The van der Waals surface area contributed by atoms with Crippen LogP contribution >= 0.6 is 19.2 Å². The van der Waals surface area contributed by atoms with Gasteiger partial charge in [0.2, 0.25) is 0 Å². The van der Waals surface area contributed by atoms with Crippen molar-refractivity contribution in [2.24, 2.45) is 0 Å². The number of phosphoric acid groups is 1. The zero-order chi connectivity index (χ0) is 14.0. The quantitative estimate of drug-likeness (QED) is 0.722. The molecule has 5 nitrogen and oxygen atoms in total. The van der Waals surface area contributed by atoms with Gasteiger partial charge in [-0.15, -0.1) is 11.3 Å². The second-order valence-corrected chi connectivity index (χ2v) is 6.75. The third kappa shape index (κ3) is 3.78. The molecule has 0 radical (unpaired) electrons. The van der Waals surface area contributed by atoms with E-state index >= 15 is 0 Å². The van der Waals surface area contributed by atoms with Crippen molar-refractivity contribution in [2.45, 2.75) is 6.42 Å². The number of likely N-dealkylation sites (N-methyl/N-ethyl adjacent to an activating group) is 1. The predicted molar refractivity (Wildman–Crippen MR) is 75.9 cm³/mol. The van der Waals surface area contributed by atoms with Gasteiger partial charge in [-0.1, -0.05) is 6.07 Å². The van der Waals surface area contributed by atoms with Crippen molar-refractivity contribution in [3.63, 3.8) is 0 Å². The maximum atomic E-state index is 11.0. The third-order valence-corrected chi connectivity index (χ3v) is 4.18. The fourth-order valence-corrected chi connectivity index (χ4v) is 3.31. The smallest absolute Gasteiger partial charge is 0.404 e. The van der Waals surface area contributed by atoms with E-state index in [-0.39, 0.29) is 5.75 Å². The molecule has 104 valence electrons. The molecule has 1 heterocycles. The van der Waals surface area contributed by atoms with Crippen molar-refractivity contribution in [3.05, 3.63) is 29.1 Å². The van der Waals surface area contributed by atoms with E-state index in [2.05, 4.69) is 14.1 Å². The topological polar surface area (TPSA) is 71.2 Å². The molecule has 0 fully saturated rings. The van der Waals surface area contributed by atoms with Crippen LogP contribution in [0.1, 0.15) is 5.56 Å². The summed E-state index contributed by atoms with van der Waals surface area (Å²) in [6, 6.07) is 5.27. The van der Waals surface area contributed by atoms with Crippen LogP contribution in [0.2, 0.25) is 0 Å². The van der Waals surface area contributed by atoms with E-state index in [1.165, 1.54) is 4.90 Å². The highest BCUT2D eigenvalue weighted by Gasteiger charge is 2.19. The largest absolute Gasteiger partial charge is 0.524 e. The van der Waals surface area contributed by atoms with Gasteiger partial charge in [0.05, 0.1) is 20.6 Å². The predicted octanol–water partition coefficient (Wildman–Crippen LogP) is 1.06. The summed E-state index contributed by atoms with van der Waals surface area (Å²) in [7, 11) is -0.384. The number of hydrogen-bond donors (Lipinski definition) is 3. The molecule has 0 unspecified atom stereocenters. The lowest BCUT2D eigenvalue weighted by Gasteiger charge is -2.10. The van der Waals surface area contributed by atoms with Gasteiger partial charge in [-0.25, -0.2) is 4.57 Å². The van der Waals surface area contributed by atoms with Crippen LogP contribution in [0.3, 0.4) is 0 Å². The molecule has 3 N–H and O–H groups in total. The van der Waals surface area contributed by atoms with Crippen LogP contribution in [0.25, 0.3) is 10.1 Å². The van der Waals surface area contributed by atoms with Gasteiger partial charge in [0.25, 0.3) is 0 Å². The molecule has 0 bridgehead atoms. The molecule has 7 heteroatoms. The molecule has 0 saturated heterocycles. The van der Waals surface area contributed by atoms with Crippen LogP contribution in [0.5, 0.6) is 5.75 Å². The Balaban J connectivity index is 2.40. The zero-order valence-electron chi connectivity index (χ0n) is 10.8. The lowest BCUT2D eigenvalue weighted by atomic mass is 10.1. The van der Waals surface area contributed by atoms with E-state index in [0.29, 0.717) is 0 Å². The maximum Gasteiger partial charge on any atom is 0.524 e. The first kappa shape index (κ1) is 14.5. The van der Waals surface area contributed by atoms with Gasteiger partial charge in [0, 0.05) is 16.5 Å². The average molecular weight is 302 g/mol. The molecule has 1 aromatic heterocycles. The van der Waals surface area contributed by atoms with E-state index in [0.717, 1.165) is 28.6 Å². The van der Waals surface area contributed by atoms with Gasteiger partial charge in [0.15, 0.2) is 0 Å². The summed E-state index contributed by atoms with van der Waals surface area (Å²) in [5.74, 6) is 0.260. The molecule has 0 aliphatic carbocycles. The van der Waals surface area contributed by atoms with Crippen molar-refractivity contribution in [3.8, 4) is 5.75 Å². The van der Waals surface area contributed by atoms with E-state index in [1.807, 2.05) is 11.4 Å². The third-order valence-electron chi connectivity index (χ3n) is 2.75. The Hall–Kier alpha value is -0.910. The second-order valence-electron chi connectivity index (χ2n) is 4.68. The summed E-state index contributed by atoms with van der Waals surface area (Å²) in [6.07, 6.45) is 0.851. The molecule has 1 aromatic carbocycles. The Bertz CT molecular complexity index is 619. The van der Waals surface area contributed by atoms with Crippen molar-refractivity contribution in [2.75, 3.05) is 20.6 Å². The molecule has 0 aliphatic rings. The van der Waals surface area contributed by atoms with Crippen LogP contribution in [0.4, 0.5) is 0 Å². The molecule has 19 heavy (non-hydrogen) atoms. The summed E-state index contributed by atoms with van der Waals surface area (Å²) in [5.41, 5.74) is 1.07. The first-order valence-electron chi connectivity index (χ1n) is 5.90. The molecule has 0 saturated carbocycles. The summed E-state index contributed by atoms with van der Waals surface area (Å²) in [6.45, 7) is 0.954. The van der Waals surface area contributed by atoms with E-state index < -0.39 is 7.82 Å². The fourth-order valence-electron chi connectivity index (χ4n) is 1.89. The highest BCUT2D eigenvalue weighted by atomic mass is 32.1. The summed E-state index contributed by atoms with van der Waals surface area (Å²) in [5, 5.41) is 2.84. The molecular weight excluding hydrogens is 285 g/mol. The number of benzene rings is 1. The molecule has 2 aromatic rings. The van der Waals surface area contributed by atoms with Crippen molar-refractivity contribution in [1.29, 1.82) is 0 Å². The number of phosphoric ester groups is 1. The maximum absolute atomic E-state index is 11.0. The first-order valence-corrected chi connectivity index (χ1v) is 8.31. The Morgan fingerprint density at radius 1 is 1.37 bits per heavy atom. The molecule has 0 aliphatic heterocycles.